The highest BCUT2D eigenvalue weighted by Gasteiger charge is 2.34. The van der Waals surface area contributed by atoms with Crippen LogP contribution in [0.4, 0.5) is 11.4 Å². The van der Waals surface area contributed by atoms with Gasteiger partial charge in [0.15, 0.2) is 0 Å². The molecule has 6 nitrogen and oxygen atoms in total. The van der Waals surface area contributed by atoms with Gasteiger partial charge < -0.3 is 19.9 Å². The molecule has 120 valence electrons. The predicted molar refractivity (Wildman–Crippen MR) is 89.1 cm³/mol. The van der Waals surface area contributed by atoms with Crippen LogP contribution >= 0.6 is 0 Å². The monoisotopic (exact) mass is 313 g/mol. The van der Waals surface area contributed by atoms with Gasteiger partial charge in [0, 0.05) is 30.6 Å². The number of benzene rings is 1. The molecule has 1 aliphatic carbocycles. The summed E-state index contributed by atoms with van der Waals surface area (Å²) in [6, 6.07) is 5.86. The third kappa shape index (κ3) is 2.34. The number of anilines is 2. The lowest BCUT2D eigenvalue weighted by molar-refractivity contribution is -0.105. The lowest BCUT2D eigenvalue weighted by Crippen LogP contribution is -2.23. The first-order valence-corrected chi connectivity index (χ1v) is 7.95. The zero-order chi connectivity index (χ0) is 16.0. The Labute approximate surface area is 133 Å². The van der Waals surface area contributed by atoms with Crippen molar-refractivity contribution in [2.75, 3.05) is 17.2 Å². The van der Waals surface area contributed by atoms with Gasteiger partial charge >= 0.3 is 0 Å². The summed E-state index contributed by atoms with van der Waals surface area (Å²) in [5.74, 6) is 1.05. The Morgan fingerprint density at radius 3 is 2.91 bits per heavy atom. The number of hydrogen-bond donors (Lipinski definition) is 2. The van der Waals surface area contributed by atoms with Crippen molar-refractivity contribution in [1.29, 1.82) is 0 Å². The van der Waals surface area contributed by atoms with E-state index in [9.17, 15) is 9.59 Å². The number of ether oxygens (including phenoxy) is 1. The fourth-order valence-corrected chi connectivity index (χ4v) is 3.35. The maximum absolute atomic E-state index is 12.6. The third-order valence-corrected chi connectivity index (χ3v) is 4.77. The highest BCUT2D eigenvalue weighted by Crippen LogP contribution is 2.40. The van der Waals surface area contributed by atoms with E-state index in [0.29, 0.717) is 36.4 Å². The van der Waals surface area contributed by atoms with Crippen molar-refractivity contribution in [3.63, 3.8) is 0 Å². The van der Waals surface area contributed by atoms with E-state index in [1.807, 2.05) is 12.1 Å². The largest absolute Gasteiger partial charge is 0.486 e. The molecule has 0 radical (unpaired) electrons. The highest BCUT2D eigenvalue weighted by atomic mass is 16.5. The number of aryl methyl sites for hydroxylation is 1. The molecule has 0 spiro atoms. The Morgan fingerprint density at radius 1 is 1.35 bits per heavy atom. The van der Waals surface area contributed by atoms with Crippen LogP contribution in [0.3, 0.4) is 0 Å². The normalized spacial score (nSPS) is 20.1. The number of nitrogens with zero attached hydrogens (tertiary/aromatic N) is 1. The number of hydrogen-bond acceptors (Lipinski definition) is 4. The molecule has 2 aromatic rings. The molecule has 1 aliphatic heterocycles. The summed E-state index contributed by atoms with van der Waals surface area (Å²) in [6.45, 7) is 0.550. The Bertz CT molecular complexity index is 839. The molecular formula is C17H19N3O3. The highest BCUT2D eigenvalue weighted by molar-refractivity contribution is 5.97. The molecule has 1 fully saturated rings. The van der Waals surface area contributed by atoms with E-state index in [-0.39, 0.29) is 5.56 Å². The molecule has 2 aliphatic rings. The summed E-state index contributed by atoms with van der Waals surface area (Å²) in [7, 11) is 1.74. The average Bonchev–Trinajstić information content (AvgIpc) is 3.38. The Kier molecular flexibility index (Phi) is 3.25. The molecule has 1 aromatic heterocycles. The van der Waals surface area contributed by atoms with E-state index in [0.717, 1.165) is 23.0 Å². The summed E-state index contributed by atoms with van der Waals surface area (Å²) in [6.07, 6.45) is 4.01. The SMILES string of the molecule is Cn1c(=O)c2c(c3cc(NC=O)ccc31)NC(C1CC1)CCO2. The maximum atomic E-state index is 12.6. The van der Waals surface area contributed by atoms with Crippen molar-refractivity contribution in [3.8, 4) is 5.75 Å². The van der Waals surface area contributed by atoms with Crippen LogP contribution in [0.15, 0.2) is 23.0 Å². The van der Waals surface area contributed by atoms with Crippen molar-refractivity contribution in [2.24, 2.45) is 13.0 Å². The van der Waals surface area contributed by atoms with Crippen LogP contribution < -0.4 is 20.9 Å². The third-order valence-electron chi connectivity index (χ3n) is 4.77. The van der Waals surface area contributed by atoms with E-state index >= 15 is 0 Å². The van der Waals surface area contributed by atoms with Crippen molar-refractivity contribution in [2.45, 2.75) is 25.3 Å². The van der Waals surface area contributed by atoms with Crippen LogP contribution in [0.25, 0.3) is 10.9 Å². The number of rotatable bonds is 3. The minimum Gasteiger partial charge on any atom is -0.486 e. The number of carbonyl (C=O) groups is 1. The number of pyridine rings is 1. The van der Waals surface area contributed by atoms with Gasteiger partial charge in [0.05, 0.1) is 17.8 Å². The number of aromatic nitrogens is 1. The molecule has 1 aromatic carbocycles. The van der Waals surface area contributed by atoms with Crippen molar-refractivity contribution >= 4 is 28.7 Å². The molecule has 4 rings (SSSR count). The van der Waals surface area contributed by atoms with Crippen LogP contribution in [0, 0.1) is 5.92 Å². The predicted octanol–water partition coefficient (Wildman–Crippen LogP) is 2.08. The Morgan fingerprint density at radius 2 is 2.17 bits per heavy atom. The molecule has 0 saturated heterocycles. The fraction of sp³-hybridized carbons (Fsp3) is 0.412. The Hall–Kier alpha value is -2.50. The van der Waals surface area contributed by atoms with Crippen LogP contribution in [-0.4, -0.2) is 23.6 Å². The summed E-state index contributed by atoms with van der Waals surface area (Å²) < 4.78 is 7.39. The number of fused-ring (bicyclic) bond motifs is 3. The fourth-order valence-electron chi connectivity index (χ4n) is 3.35. The first kappa shape index (κ1) is 14.1. The van der Waals surface area contributed by atoms with Crippen molar-refractivity contribution in [1.82, 2.24) is 4.57 Å². The molecule has 1 atom stereocenters. The van der Waals surface area contributed by atoms with E-state index in [1.54, 1.807) is 17.7 Å². The minimum absolute atomic E-state index is 0.132. The van der Waals surface area contributed by atoms with Gasteiger partial charge in [-0.2, -0.15) is 0 Å². The first-order valence-electron chi connectivity index (χ1n) is 7.95. The van der Waals surface area contributed by atoms with Gasteiger partial charge in [0.1, 0.15) is 0 Å². The van der Waals surface area contributed by atoms with Gasteiger partial charge in [-0.1, -0.05) is 0 Å². The summed E-state index contributed by atoms with van der Waals surface area (Å²) in [5, 5.41) is 7.10. The molecule has 1 saturated carbocycles. The number of carbonyl (C=O) groups excluding carboxylic acids is 1. The van der Waals surface area contributed by atoms with Gasteiger partial charge in [-0.15, -0.1) is 0 Å². The van der Waals surface area contributed by atoms with Gasteiger partial charge in [-0.3, -0.25) is 9.59 Å². The quantitative estimate of drug-likeness (QED) is 0.851. The summed E-state index contributed by atoms with van der Waals surface area (Å²) in [4.78, 5) is 23.3. The molecule has 23 heavy (non-hydrogen) atoms. The topological polar surface area (TPSA) is 72.4 Å². The minimum atomic E-state index is -0.132. The molecule has 1 unspecified atom stereocenters. The molecule has 0 bridgehead atoms. The molecule has 1 amide bonds. The van der Waals surface area contributed by atoms with Gasteiger partial charge in [0.2, 0.25) is 12.2 Å². The number of nitrogens with one attached hydrogen (secondary N) is 2. The van der Waals surface area contributed by atoms with Crippen LogP contribution in [0.5, 0.6) is 5.75 Å². The molecule has 2 heterocycles. The molecule has 6 heteroatoms. The van der Waals surface area contributed by atoms with Crippen LogP contribution in [0.2, 0.25) is 0 Å². The molecule has 2 N–H and O–H groups in total. The van der Waals surface area contributed by atoms with Crippen molar-refractivity contribution in [3.05, 3.63) is 28.6 Å². The maximum Gasteiger partial charge on any atom is 0.295 e. The number of amides is 1. The second-order valence-electron chi connectivity index (χ2n) is 6.29. The second kappa shape index (κ2) is 5.30. The van der Waals surface area contributed by atoms with Crippen LogP contribution in [0.1, 0.15) is 19.3 Å². The zero-order valence-electron chi connectivity index (χ0n) is 13.0. The summed E-state index contributed by atoms with van der Waals surface area (Å²) in [5.41, 5.74) is 2.14. The lowest BCUT2D eigenvalue weighted by atomic mass is 10.1. The van der Waals surface area contributed by atoms with E-state index in [1.165, 1.54) is 12.8 Å². The van der Waals surface area contributed by atoms with E-state index in [2.05, 4.69) is 10.6 Å². The van der Waals surface area contributed by atoms with Gasteiger partial charge in [-0.05, 0) is 37.0 Å². The van der Waals surface area contributed by atoms with E-state index in [4.69, 9.17) is 4.74 Å². The first-order chi connectivity index (χ1) is 11.2. The Balaban J connectivity index is 1.94. The zero-order valence-corrected chi connectivity index (χ0v) is 13.0. The molecular weight excluding hydrogens is 294 g/mol. The average molecular weight is 313 g/mol. The van der Waals surface area contributed by atoms with Crippen LogP contribution in [-0.2, 0) is 11.8 Å². The van der Waals surface area contributed by atoms with Gasteiger partial charge in [0.25, 0.3) is 5.56 Å². The van der Waals surface area contributed by atoms with Crippen molar-refractivity contribution < 1.29 is 9.53 Å². The smallest absolute Gasteiger partial charge is 0.295 e. The summed E-state index contributed by atoms with van der Waals surface area (Å²) >= 11 is 0. The lowest BCUT2D eigenvalue weighted by Gasteiger charge is -2.19. The second-order valence-corrected chi connectivity index (χ2v) is 6.29. The van der Waals surface area contributed by atoms with E-state index < -0.39 is 0 Å². The standard InChI is InChI=1S/C17H19N3O3/c1-20-14-5-4-11(18-9-21)8-12(14)15-16(17(20)22)23-7-6-13(19-15)10-2-3-10/h4-5,8-10,13,19H,2-3,6-7H2,1H3,(H,18,21). The van der Waals surface area contributed by atoms with Gasteiger partial charge in [-0.25, -0.2) is 0 Å².